The number of rotatable bonds is 7. The van der Waals surface area contributed by atoms with E-state index in [4.69, 9.17) is 4.74 Å². The number of dihydropyridines is 1. The van der Waals surface area contributed by atoms with Gasteiger partial charge in [-0.15, -0.1) is 0 Å². The average molecular weight is 431 g/mol. The Kier molecular flexibility index (Phi) is 7.16. The normalized spacial score (nSPS) is 17.2. The molecule has 0 aliphatic carbocycles. The molecule has 0 unspecified atom stereocenters. The van der Waals surface area contributed by atoms with Gasteiger partial charge in [-0.3, -0.25) is 14.9 Å². The number of hydrogen-bond donors (Lipinski definition) is 3. The number of benzene rings is 1. The van der Waals surface area contributed by atoms with Crippen molar-refractivity contribution in [3.63, 3.8) is 0 Å². The maximum Gasteiger partial charge on any atom is 0.336 e. The van der Waals surface area contributed by atoms with Crippen molar-refractivity contribution in [2.45, 2.75) is 39.7 Å². The van der Waals surface area contributed by atoms with E-state index in [2.05, 4.69) is 10.6 Å². The zero-order valence-electron chi connectivity index (χ0n) is 17.9. The molecular formula is C21H25N3O7. The monoisotopic (exact) mass is 431 g/mol. The van der Waals surface area contributed by atoms with Gasteiger partial charge >= 0.3 is 11.9 Å². The van der Waals surface area contributed by atoms with Crippen LogP contribution in [0.3, 0.4) is 0 Å². The predicted octanol–water partition coefficient (Wildman–Crippen LogP) is 2.23. The van der Waals surface area contributed by atoms with E-state index in [9.17, 15) is 29.6 Å². The number of aliphatic carboxylic acids is 1. The van der Waals surface area contributed by atoms with Gasteiger partial charge in [-0.1, -0.05) is 26.0 Å². The van der Waals surface area contributed by atoms with Crippen LogP contribution in [0.5, 0.6) is 0 Å². The molecule has 1 aliphatic rings. The number of carboxylic acids is 1. The number of methoxy groups -OCH3 is 1. The lowest BCUT2D eigenvalue weighted by atomic mass is 9.79. The second-order valence-electron chi connectivity index (χ2n) is 7.51. The maximum atomic E-state index is 13.2. The number of amides is 1. The minimum atomic E-state index is -1.20. The van der Waals surface area contributed by atoms with E-state index < -0.39 is 40.6 Å². The van der Waals surface area contributed by atoms with Crippen LogP contribution in [0.1, 0.15) is 39.2 Å². The number of nitrogens with zero attached hydrogens (tertiary/aromatic N) is 1. The molecule has 0 radical (unpaired) electrons. The molecule has 0 bridgehead atoms. The summed E-state index contributed by atoms with van der Waals surface area (Å²) < 4.78 is 4.89. The molecular weight excluding hydrogens is 406 g/mol. The van der Waals surface area contributed by atoms with Gasteiger partial charge in [0.2, 0.25) is 0 Å². The Hall–Kier alpha value is -3.69. The highest BCUT2D eigenvalue weighted by molar-refractivity contribution is 6.03. The maximum absolute atomic E-state index is 13.2. The van der Waals surface area contributed by atoms with Gasteiger partial charge in [0.15, 0.2) is 0 Å². The minimum absolute atomic E-state index is 0.0818. The van der Waals surface area contributed by atoms with Crippen molar-refractivity contribution in [2.24, 2.45) is 5.92 Å². The van der Waals surface area contributed by atoms with Crippen LogP contribution in [-0.4, -0.2) is 41.0 Å². The van der Waals surface area contributed by atoms with Crippen LogP contribution < -0.4 is 10.6 Å². The Bertz CT molecular complexity index is 994. The van der Waals surface area contributed by atoms with Crippen LogP contribution in [0.25, 0.3) is 0 Å². The number of non-ortho nitro benzene ring substituents is 1. The first kappa shape index (κ1) is 23.6. The molecule has 2 rings (SSSR count). The van der Waals surface area contributed by atoms with Crippen LogP contribution in [0.2, 0.25) is 0 Å². The number of allylic oxidation sites excluding steroid dienone is 2. The molecule has 0 spiro atoms. The highest BCUT2D eigenvalue weighted by Crippen LogP contribution is 2.39. The molecule has 1 amide bonds. The molecule has 0 fully saturated rings. The largest absolute Gasteiger partial charge is 0.480 e. The van der Waals surface area contributed by atoms with Gasteiger partial charge in [-0.05, 0) is 25.3 Å². The van der Waals surface area contributed by atoms with Crippen molar-refractivity contribution in [3.8, 4) is 0 Å². The predicted molar refractivity (Wildman–Crippen MR) is 111 cm³/mol. The highest BCUT2D eigenvalue weighted by Gasteiger charge is 2.38. The van der Waals surface area contributed by atoms with Gasteiger partial charge in [0, 0.05) is 29.1 Å². The third kappa shape index (κ3) is 4.90. The molecule has 1 heterocycles. The highest BCUT2D eigenvalue weighted by atomic mass is 16.6. The first-order valence-electron chi connectivity index (χ1n) is 9.54. The second-order valence-corrected chi connectivity index (χ2v) is 7.51. The fourth-order valence-corrected chi connectivity index (χ4v) is 3.56. The van der Waals surface area contributed by atoms with Crippen molar-refractivity contribution < 1.29 is 29.2 Å². The molecule has 0 saturated carbocycles. The SMILES string of the molecule is COC(=O)C1=C(C)NC(C)=C(C(=O)N[C@H](C(=O)O)C(C)C)[C@@H]1c1cccc([N+](=O)[O-])c1. The first-order chi connectivity index (χ1) is 14.5. The lowest BCUT2D eigenvalue weighted by Gasteiger charge is -2.31. The number of carboxylic acid groups (broad SMARTS) is 1. The number of hydrogen-bond acceptors (Lipinski definition) is 7. The summed E-state index contributed by atoms with van der Waals surface area (Å²) in [7, 11) is 1.19. The van der Waals surface area contributed by atoms with E-state index in [1.807, 2.05) is 0 Å². The fraction of sp³-hybridized carbons (Fsp3) is 0.381. The second kappa shape index (κ2) is 9.41. The number of nitro benzene ring substituents is 1. The Balaban J connectivity index is 2.66. The number of nitro groups is 1. The van der Waals surface area contributed by atoms with E-state index >= 15 is 0 Å². The molecule has 166 valence electrons. The van der Waals surface area contributed by atoms with Gasteiger partial charge in [0.05, 0.1) is 23.5 Å². The Morgan fingerprint density at radius 3 is 2.32 bits per heavy atom. The first-order valence-corrected chi connectivity index (χ1v) is 9.54. The van der Waals surface area contributed by atoms with E-state index in [1.165, 1.54) is 25.3 Å². The molecule has 1 aromatic rings. The van der Waals surface area contributed by atoms with Crippen molar-refractivity contribution >= 4 is 23.5 Å². The zero-order valence-corrected chi connectivity index (χ0v) is 17.9. The van der Waals surface area contributed by atoms with E-state index in [0.29, 0.717) is 17.0 Å². The Morgan fingerprint density at radius 1 is 1.19 bits per heavy atom. The summed E-state index contributed by atoms with van der Waals surface area (Å²) in [6.07, 6.45) is 0. The van der Waals surface area contributed by atoms with E-state index in [0.717, 1.165) is 0 Å². The van der Waals surface area contributed by atoms with Crippen molar-refractivity contribution in [1.82, 2.24) is 10.6 Å². The summed E-state index contributed by atoms with van der Waals surface area (Å²) in [5, 5.41) is 26.2. The number of ether oxygens (including phenoxy) is 1. The standard InChI is InChI=1S/C21H25N3O7/c1-10(2)18(20(26)27)23-19(25)15-11(3)22-12(4)16(21(28)31-5)17(15)13-7-6-8-14(9-13)24(29)30/h6-10,17-18,22H,1-5H3,(H,23,25)(H,26,27)/t17-,18-/m0/s1. The van der Waals surface area contributed by atoms with Gasteiger partial charge in [-0.25, -0.2) is 9.59 Å². The molecule has 1 aromatic carbocycles. The Morgan fingerprint density at radius 2 is 1.81 bits per heavy atom. The van der Waals surface area contributed by atoms with Crippen molar-refractivity contribution in [3.05, 3.63) is 62.5 Å². The van der Waals surface area contributed by atoms with Gasteiger partial charge < -0.3 is 20.5 Å². The third-order valence-electron chi connectivity index (χ3n) is 5.04. The summed E-state index contributed by atoms with van der Waals surface area (Å²) >= 11 is 0. The van der Waals surface area contributed by atoms with Crippen molar-refractivity contribution in [2.75, 3.05) is 7.11 Å². The van der Waals surface area contributed by atoms with Gasteiger partial charge in [0.25, 0.3) is 11.6 Å². The van der Waals surface area contributed by atoms with Gasteiger partial charge in [0.1, 0.15) is 6.04 Å². The molecule has 0 aromatic heterocycles. The molecule has 3 N–H and O–H groups in total. The molecule has 2 atom stereocenters. The number of esters is 1. The Labute approximate surface area is 179 Å². The quantitative estimate of drug-likeness (QED) is 0.338. The summed E-state index contributed by atoms with van der Waals surface area (Å²) in [5.74, 6) is -3.99. The summed E-state index contributed by atoms with van der Waals surface area (Å²) in [6.45, 7) is 6.55. The van der Waals surface area contributed by atoms with Crippen LogP contribution in [0.4, 0.5) is 5.69 Å². The van der Waals surface area contributed by atoms with Crippen LogP contribution >= 0.6 is 0 Å². The van der Waals surface area contributed by atoms with Crippen LogP contribution in [-0.2, 0) is 19.1 Å². The molecule has 0 saturated heterocycles. The van der Waals surface area contributed by atoms with Crippen LogP contribution in [0.15, 0.2) is 46.8 Å². The smallest absolute Gasteiger partial charge is 0.336 e. The topological polar surface area (TPSA) is 148 Å². The molecule has 10 heteroatoms. The van der Waals surface area contributed by atoms with Crippen molar-refractivity contribution in [1.29, 1.82) is 0 Å². The molecule has 1 aliphatic heterocycles. The van der Waals surface area contributed by atoms with E-state index in [-0.39, 0.29) is 16.8 Å². The minimum Gasteiger partial charge on any atom is -0.480 e. The zero-order chi connectivity index (χ0) is 23.5. The number of nitrogens with one attached hydrogen (secondary N) is 2. The summed E-state index contributed by atoms with van der Waals surface area (Å²) in [4.78, 5) is 48.1. The average Bonchev–Trinajstić information content (AvgIpc) is 2.70. The lowest BCUT2D eigenvalue weighted by Crippen LogP contribution is -2.47. The lowest BCUT2D eigenvalue weighted by molar-refractivity contribution is -0.384. The van der Waals surface area contributed by atoms with Crippen LogP contribution in [0, 0.1) is 16.0 Å². The molecule has 10 nitrogen and oxygen atoms in total. The number of carbonyl (C=O) groups is 3. The summed E-state index contributed by atoms with van der Waals surface area (Å²) in [6, 6.07) is 4.45. The van der Waals surface area contributed by atoms with Gasteiger partial charge in [-0.2, -0.15) is 0 Å². The van der Waals surface area contributed by atoms with E-state index in [1.54, 1.807) is 33.8 Å². The summed E-state index contributed by atoms with van der Waals surface area (Å²) in [5.41, 5.74) is 1.13. The third-order valence-corrected chi connectivity index (χ3v) is 5.04. The fourth-order valence-electron chi connectivity index (χ4n) is 3.56. The molecule has 31 heavy (non-hydrogen) atoms. The number of carbonyl (C=O) groups excluding carboxylic acids is 2.